The second-order valence-corrected chi connectivity index (χ2v) is 6.52. The molecule has 8 nitrogen and oxygen atoms in total. The van der Waals surface area contributed by atoms with E-state index in [9.17, 15) is 9.90 Å². The maximum Gasteiger partial charge on any atom is 0.263 e. The number of aromatic amines is 1. The highest BCUT2D eigenvalue weighted by molar-refractivity contribution is 6.08. The Kier molecular flexibility index (Phi) is 4.21. The standard InChI is InChI=1S/C22H15N5O3/c28-15-9-12-27(13-15)21-22(24-11-10-23-21)30-16-7-5-14(6-8-16)19(29)20-25-17-3-1-2-4-18(17)26-20/h1-13,28H,(H,25,26). The van der Waals surface area contributed by atoms with Crippen molar-refractivity contribution in [1.29, 1.82) is 0 Å². The predicted octanol–water partition coefficient (Wildman–Crippen LogP) is 3.87. The van der Waals surface area contributed by atoms with Gasteiger partial charge in [0.15, 0.2) is 5.82 Å². The molecule has 0 saturated carbocycles. The molecule has 0 atom stereocenters. The number of hydrogen-bond acceptors (Lipinski definition) is 6. The number of nitrogens with one attached hydrogen (secondary N) is 1. The normalized spacial score (nSPS) is 10.9. The molecule has 3 aromatic heterocycles. The number of imidazole rings is 1. The number of H-pyrrole nitrogens is 1. The lowest BCUT2D eigenvalue weighted by Crippen LogP contribution is -2.04. The Bertz CT molecular complexity index is 1320. The van der Waals surface area contributed by atoms with Crippen molar-refractivity contribution in [3.05, 3.63) is 90.8 Å². The van der Waals surface area contributed by atoms with Crippen LogP contribution in [0.25, 0.3) is 16.9 Å². The van der Waals surface area contributed by atoms with Crippen LogP contribution in [-0.2, 0) is 0 Å². The van der Waals surface area contributed by atoms with E-state index >= 15 is 0 Å². The summed E-state index contributed by atoms with van der Waals surface area (Å²) in [6.07, 6.45) is 6.21. The third-order valence-corrected chi connectivity index (χ3v) is 4.50. The van der Waals surface area contributed by atoms with E-state index in [2.05, 4.69) is 19.9 Å². The number of ether oxygens (including phenoxy) is 1. The van der Waals surface area contributed by atoms with Crippen LogP contribution in [0.15, 0.2) is 79.4 Å². The first-order valence-corrected chi connectivity index (χ1v) is 9.13. The van der Waals surface area contributed by atoms with Crippen LogP contribution in [0.2, 0.25) is 0 Å². The van der Waals surface area contributed by atoms with E-state index in [1.54, 1.807) is 35.0 Å². The van der Waals surface area contributed by atoms with Crippen molar-refractivity contribution in [3.8, 4) is 23.2 Å². The zero-order valence-corrected chi connectivity index (χ0v) is 15.6. The summed E-state index contributed by atoms with van der Waals surface area (Å²) in [6.45, 7) is 0. The quantitative estimate of drug-likeness (QED) is 0.436. The predicted molar refractivity (Wildman–Crippen MR) is 109 cm³/mol. The smallest absolute Gasteiger partial charge is 0.263 e. The van der Waals surface area contributed by atoms with Crippen LogP contribution in [0.3, 0.4) is 0 Å². The first kappa shape index (κ1) is 17.6. The number of rotatable bonds is 5. The molecule has 146 valence electrons. The van der Waals surface area contributed by atoms with Crippen molar-refractivity contribution in [2.45, 2.75) is 0 Å². The summed E-state index contributed by atoms with van der Waals surface area (Å²) >= 11 is 0. The van der Waals surface area contributed by atoms with E-state index in [0.29, 0.717) is 17.1 Å². The Morgan fingerprint density at radius 3 is 2.57 bits per heavy atom. The van der Waals surface area contributed by atoms with Gasteiger partial charge in [0.25, 0.3) is 5.88 Å². The first-order chi connectivity index (χ1) is 14.7. The van der Waals surface area contributed by atoms with Crippen molar-refractivity contribution in [2.24, 2.45) is 0 Å². The van der Waals surface area contributed by atoms with Gasteiger partial charge < -0.3 is 19.4 Å². The monoisotopic (exact) mass is 397 g/mol. The van der Waals surface area contributed by atoms with Crippen molar-refractivity contribution in [1.82, 2.24) is 24.5 Å². The first-order valence-electron chi connectivity index (χ1n) is 9.13. The maximum atomic E-state index is 12.7. The molecule has 0 aliphatic heterocycles. The van der Waals surface area contributed by atoms with Gasteiger partial charge in [0, 0.05) is 24.2 Å². The van der Waals surface area contributed by atoms with Crippen LogP contribution in [0, 0.1) is 0 Å². The average Bonchev–Trinajstić information content (AvgIpc) is 3.40. The van der Waals surface area contributed by atoms with Crippen LogP contribution >= 0.6 is 0 Å². The third kappa shape index (κ3) is 3.26. The van der Waals surface area contributed by atoms with Gasteiger partial charge in [-0.1, -0.05) is 12.1 Å². The van der Waals surface area contributed by atoms with Crippen molar-refractivity contribution < 1.29 is 14.6 Å². The van der Waals surface area contributed by atoms with Gasteiger partial charge in [0.2, 0.25) is 11.6 Å². The van der Waals surface area contributed by atoms with Crippen LogP contribution in [0.4, 0.5) is 0 Å². The second-order valence-electron chi connectivity index (χ2n) is 6.52. The Hall–Kier alpha value is -4.46. The van der Waals surface area contributed by atoms with E-state index in [0.717, 1.165) is 11.0 Å². The molecule has 2 aromatic carbocycles. The Balaban J connectivity index is 1.39. The van der Waals surface area contributed by atoms with Crippen molar-refractivity contribution >= 4 is 16.8 Å². The summed E-state index contributed by atoms with van der Waals surface area (Å²) in [5.41, 5.74) is 2.04. The third-order valence-electron chi connectivity index (χ3n) is 4.50. The fourth-order valence-electron chi connectivity index (χ4n) is 3.07. The number of fused-ring (bicyclic) bond motifs is 1. The number of nitrogens with zero attached hydrogens (tertiary/aromatic N) is 4. The summed E-state index contributed by atoms with van der Waals surface area (Å²) in [5.74, 6) is 1.38. The molecule has 0 aliphatic carbocycles. The summed E-state index contributed by atoms with van der Waals surface area (Å²) in [7, 11) is 0. The van der Waals surface area contributed by atoms with Gasteiger partial charge in [0.1, 0.15) is 11.5 Å². The molecule has 0 bridgehead atoms. The van der Waals surface area contributed by atoms with Crippen molar-refractivity contribution in [3.63, 3.8) is 0 Å². The van der Waals surface area contributed by atoms with Gasteiger partial charge in [-0.3, -0.25) is 4.79 Å². The van der Waals surface area contributed by atoms with Gasteiger partial charge in [0.05, 0.1) is 17.2 Å². The molecule has 0 saturated heterocycles. The number of hydrogen-bond donors (Lipinski definition) is 2. The molecule has 8 heteroatoms. The van der Waals surface area contributed by atoms with E-state index in [-0.39, 0.29) is 23.2 Å². The summed E-state index contributed by atoms with van der Waals surface area (Å²) in [4.78, 5) is 28.6. The molecule has 0 spiro atoms. The largest absolute Gasteiger partial charge is 0.506 e. The molecule has 3 heterocycles. The van der Waals surface area contributed by atoms with Gasteiger partial charge >= 0.3 is 0 Å². The molecule has 5 aromatic rings. The number of aromatic hydroxyl groups is 1. The zero-order valence-electron chi connectivity index (χ0n) is 15.6. The van der Waals surface area contributed by atoms with E-state index < -0.39 is 0 Å². The molecule has 0 fully saturated rings. The summed E-state index contributed by atoms with van der Waals surface area (Å²) in [6, 6.07) is 15.7. The van der Waals surface area contributed by atoms with E-state index in [4.69, 9.17) is 4.74 Å². The van der Waals surface area contributed by atoms with E-state index in [1.165, 1.54) is 24.7 Å². The molecule has 5 rings (SSSR count). The van der Waals surface area contributed by atoms with Gasteiger partial charge in [-0.05, 0) is 42.5 Å². The van der Waals surface area contributed by atoms with Gasteiger partial charge in [-0.25, -0.2) is 15.0 Å². The van der Waals surface area contributed by atoms with Crippen LogP contribution < -0.4 is 4.74 Å². The minimum absolute atomic E-state index is 0.111. The lowest BCUT2D eigenvalue weighted by Gasteiger charge is -2.09. The SMILES string of the molecule is O=C(c1ccc(Oc2nccnc2-n2ccc(O)c2)cc1)c1nc2ccccc2[nH]1. The average molecular weight is 397 g/mol. The zero-order chi connectivity index (χ0) is 20.5. The Labute approximate surface area is 170 Å². The highest BCUT2D eigenvalue weighted by atomic mass is 16.5. The molecular weight excluding hydrogens is 382 g/mol. The highest BCUT2D eigenvalue weighted by Gasteiger charge is 2.15. The minimum Gasteiger partial charge on any atom is -0.506 e. The number of carbonyl (C=O) groups is 1. The number of benzene rings is 2. The van der Waals surface area contributed by atoms with Crippen LogP contribution in [-0.4, -0.2) is 35.4 Å². The van der Waals surface area contributed by atoms with E-state index in [1.807, 2.05) is 24.3 Å². The maximum absolute atomic E-state index is 12.7. The topological polar surface area (TPSA) is 106 Å². The summed E-state index contributed by atoms with van der Waals surface area (Å²) < 4.78 is 7.46. The van der Waals surface area contributed by atoms with Crippen LogP contribution in [0.1, 0.15) is 16.2 Å². The number of carbonyl (C=O) groups excluding carboxylic acids is 1. The molecule has 0 radical (unpaired) electrons. The Morgan fingerprint density at radius 1 is 1.00 bits per heavy atom. The minimum atomic E-state index is -0.208. The molecular formula is C22H15N5O3. The lowest BCUT2D eigenvalue weighted by molar-refractivity contribution is 0.103. The lowest BCUT2D eigenvalue weighted by atomic mass is 10.1. The molecule has 30 heavy (non-hydrogen) atoms. The van der Waals surface area contributed by atoms with Gasteiger partial charge in [-0.2, -0.15) is 0 Å². The fourth-order valence-corrected chi connectivity index (χ4v) is 3.07. The van der Waals surface area contributed by atoms with Crippen molar-refractivity contribution in [2.75, 3.05) is 0 Å². The molecule has 0 aliphatic rings. The number of aromatic nitrogens is 5. The second kappa shape index (κ2) is 7.17. The Morgan fingerprint density at radius 2 is 1.80 bits per heavy atom. The number of para-hydroxylation sites is 2. The fraction of sp³-hybridized carbons (Fsp3) is 0. The highest BCUT2D eigenvalue weighted by Crippen LogP contribution is 2.26. The van der Waals surface area contributed by atoms with Gasteiger partial charge in [-0.15, -0.1) is 0 Å². The molecule has 0 amide bonds. The number of ketones is 1. The molecule has 2 N–H and O–H groups in total. The summed E-state index contributed by atoms with van der Waals surface area (Å²) in [5, 5.41) is 9.57. The van der Waals surface area contributed by atoms with Crippen LogP contribution in [0.5, 0.6) is 17.4 Å². The molecule has 0 unspecified atom stereocenters.